The zero-order valence-electron chi connectivity index (χ0n) is 18.6. The molecule has 4 heteroatoms. The molecule has 0 aliphatic rings. The monoisotopic (exact) mass is 398 g/mol. The number of hydrogen-bond acceptors (Lipinski definition) is 4. The van der Waals surface area contributed by atoms with Crippen molar-refractivity contribution in [2.24, 2.45) is 0 Å². The summed E-state index contributed by atoms with van der Waals surface area (Å²) in [5.41, 5.74) is 2.59. The second-order valence-corrected chi connectivity index (χ2v) is 8.43. The summed E-state index contributed by atoms with van der Waals surface area (Å²) >= 11 is 0. The Morgan fingerprint density at radius 3 is 2.31 bits per heavy atom. The highest BCUT2D eigenvalue weighted by Crippen LogP contribution is 2.43. The molecule has 2 rings (SSSR count). The Morgan fingerprint density at radius 2 is 1.69 bits per heavy atom. The van der Waals surface area contributed by atoms with Crippen LogP contribution in [0.25, 0.3) is 0 Å². The summed E-state index contributed by atoms with van der Waals surface area (Å²) in [6.45, 7) is 11.2. The van der Waals surface area contributed by atoms with Crippen LogP contribution in [0, 0.1) is 6.92 Å². The van der Waals surface area contributed by atoms with Gasteiger partial charge in [-0.2, -0.15) is 0 Å². The van der Waals surface area contributed by atoms with Gasteiger partial charge < -0.3 is 14.2 Å². The quantitative estimate of drug-likeness (QED) is 0.324. The molecule has 0 heterocycles. The van der Waals surface area contributed by atoms with Gasteiger partial charge in [0, 0.05) is 11.1 Å². The van der Waals surface area contributed by atoms with E-state index in [4.69, 9.17) is 14.2 Å². The molecule has 0 saturated carbocycles. The van der Waals surface area contributed by atoms with E-state index in [-0.39, 0.29) is 5.41 Å². The topological polar surface area (TPSA) is 44.8 Å². The molecule has 2 aromatic carbocycles. The van der Waals surface area contributed by atoms with Gasteiger partial charge in [0.2, 0.25) is 5.75 Å². The number of aldehydes is 1. The number of carbonyl (C=O) groups excluding carboxylic acids is 1. The van der Waals surface area contributed by atoms with Gasteiger partial charge in [-0.05, 0) is 42.5 Å². The van der Waals surface area contributed by atoms with Crippen LogP contribution >= 0.6 is 0 Å². The fraction of sp³-hybridized carbons (Fsp3) is 0.480. The van der Waals surface area contributed by atoms with E-state index in [1.54, 1.807) is 19.2 Å². The summed E-state index contributed by atoms with van der Waals surface area (Å²) in [6, 6.07) is 9.59. The van der Waals surface area contributed by atoms with Gasteiger partial charge in [-0.15, -0.1) is 0 Å². The average molecular weight is 399 g/mol. The lowest BCUT2D eigenvalue weighted by Crippen LogP contribution is -2.13. The summed E-state index contributed by atoms with van der Waals surface area (Å²) in [4.78, 5) is 11.5. The number of methoxy groups -OCH3 is 1. The Labute approximate surface area is 175 Å². The van der Waals surface area contributed by atoms with Gasteiger partial charge in [0.15, 0.2) is 11.5 Å². The van der Waals surface area contributed by atoms with Crippen molar-refractivity contribution in [3.8, 4) is 23.0 Å². The molecule has 4 nitrogen and oxygen atoms in total. The van der Waals surface area contributed by atoms with Gasteiger partial charge in [-0.25, -0.2) is 0 Å². The smallest absolute Gasteiger partial charge is 0.204 e. The first-order chi connectivity index (χ1) is 13.8. The standard InChI is InChI=1S/C25H34O4/c1-7-8-9-10-13-28-24-22(27-6)15-19(17-26)16-23(24)29-21-14-18(2)11-12-20(21)25(3,4)5/h11-12,14-17H,7-10,13H2,1-6H3. The Kier molecular flexibility index (Phi) is 8.12. The lowest BCUT2D eigenvalue weighted by Gasteiger charge is -2.24. The number of rotatable bonds is 10. The minimum Gasteiger partial charge on any atom is -0.493 e. The van der Waals surface area contributed by atoms with Crippen LogP contribution < -0.4 is 14.2 Å². The largest absolute Gasteiger partial charge is 0.493 e. The van der Waals surface area contributed by atoms with Crippen LogP contribution in [-0.4, -0.2) is 20.0 Å². The second kappa shape index (κ2) is 10.3. The third-order valence-corrected chi connectivity index (χ3v) is 4.81. The van der Waals surface area contributed by atoms with E-state index in [9.17, 15) is 4.79 Å². The number of benzene rings is 2. The molecule has 0 N–H and O–H groups in total. The predicted octanol–water partition coefficient (Wildman–Crippen LogP) is 6.87. The summed E-state index contributed by atoms with van der Waals surface area (Å²) in [6.07, 6.45) is 5.24. The first kappa shape index (κ1) is 22.8. The van der Waals surface area contributed by atoms with Crippen LogP contribution in [0.5, 0.6) is 23.0 Å². The minimum atomic E-state index is -0.0867. The summed E-state index contributed by atoms with van der Waals surface area (Å²) in [5, 5.41) is 0. The summed E-state index contributed by atoms with van der Waals surface area (Å²) in [7, 11) is 1.57. The van der Waals surface area contributed by atoms with Crippen LogP contribution in [0.2, 0.25) is 0 Å². The highest BCUT2D eigenvalue weighted by atomic mass is 16.5. The minimum absolute atomic E-state index is 0.0867. The lowest BCUT2D eigenvalue weighted by molar-refractivity contribution is 0.112. The normalized spacial score (nSPS) is 11.2. The molecule has 0 radical (unpaired) electrons. The van der Waals surface area contributed by atoms with E-state index in [0.717, 1.165) is 36.0 Å². The van der Waals surface area contributed by atoms with Crippen molar-refractivity contribution in [2.45, 2.75) is 65.7 Å². The van der Waals surface area contributed by atoms with E-state index < -0.39 is 0 Å². The third-order valence-electron chi connectivity index (χ3n) is 4.81. The van der Waals surface area contributed by atoms with Gasteiger partial charge >= 0.3 is 0 Å². The molecular formula is C25H34O4. The molecule has 0 aliphatic carbocycles. The van der Waals surface area contributed by atoms with Gasteiger partial charge in [-0.3, -0.25) is 4.79 Å². The van der Waals surface area contributed by atoms with Crippen molar-refractivity contribution in [3.63, 3.8) is 0 Å². The Hall–Kier alpha value is -2.49. The zero-order chi connectivity index (χ0) is 21.4. The number of ether oxygens (including phenoxy) is 3. The number of aryl methyl sites for hydroxylation is 1. The molecule has 0 spiro atoms. The van der Waals surface area contributed by atoms with Crippen LogP contribution in [0.4, 0.5) is 0 Å². The molecule has 29 heavy (non-hydrogen) atoms. The molecule has 0 aromatic heterocycles. The maximum absolute atomic E-state index is 11.5. The Bertz CT molecular complexity index is 818. The van der Waals surface area contributed by atoms with Crippen molar-refractivity contribution in [3.05, 3.63) is 47.0 Å². The fourth-order valence-electron chi connectivity index (χ4n) is 3.19. The predicted molar refractivity (Wildman–Crippen MR) is 118 cm³/mol. The second-order valence-electron chi connectivity index (χ2n) is 8.43. The van der Waals surface area contributed by atoms with Crippen LogP contribution in [0.3, 0.4) is 0 Å². The zero-order valence-corrected chi connectivity index (χ0v) is 18.6. The molecule has 0 atom stereocenters. The molecule has 158 valence electrons. The first-order valence-electron chi connectivity index (χ1n) is 10.4. The molecule has 0 unspecified atom stereocenters. The summed E-state index contributed by atoms with van der Waals surface area (Å²) in [5.74, 6) is 2.30. The van der Waals surface area contributed by atoms with E-state index >= 15 is 0 Å². The summed E-state index contributed by atoms with van der Waals surface area (Å²) < 4.78 is 17.9. The van der Waals surface area contributed by atoms with Gasteiger partial charge in [0.05, 0.1) is 13.7 Å². The Morgan fingerprint density at radius 1 is 0.966 bits per heavy atom. The average Bonchev–Trinajstić information content (AvgIpc) is 2.67. The molecule has 0 aliphatic heterocycles. The molecular weight excluding hydrogens is 364 g/mol. The maximum atomic E-state index is 11.5. The molecule has 2 aromatic rings. The number of carbonyl (C=O) groups is 1. The maximum Gasteiger partial charge on any atom is 0.204 e. The molecule has 0 bridgehead atoms. The van der Waals surface area contributed by atoms with Crippen molar-refractivity contribution in [2.75, 3.05) is 13.7 Å². The highest BCUT2D eigenvalue weighted by Gasteiger charge is 2.22. The number of unbranched alkanes of at least 4 members (excludes halogenated alkanes) is 3. The third kappa shape index (κ3) is 6.25. The van der Waals surface area contributed by atoms with Crippen molar-refractivity contribution in [1.29, 1.82) is 0 Å². The molecule has 0 fully saturated rings. The molecule has 0 saturated heterocycles. The van der Waals surface area contributed by atoms with E-state index in [0.29, 0.717) is 29.4 Å². The highest BCUT2D eigenvalue weighted by molar-refractivity contribution is 5.78. The van der Waals surface area contributed by atoms with Crippen molar-refractivity contribution < 1.29 is 19.0 Å². The Balaban J connectivity index is 2.43. The van der Waals surface area contributed by atoms with Crippen molar-refractivity contribution >= 4 is 6.29 Å². The van der Waals surface area contributed by atoms with E-state index in [2.05, 4.69) is 39.8 Å². The van der Waals surface area contributed by atoms with Crippen LogP contribution in [0.15, 0.2) is 30.3 Å². The van der Waals surface area contributed by atoms with Gasteiger partial charge in [0.25, 0.3) is 0 Å². The number of hydrogen-bond donors (Lipinski definition) is 0. The van der Waals surface area contributed by atoms with Crippen LogP contribution in [-0.2, 0) is 5.41 Å². The fourth-order valence-corrected chi connectivity index (χ4v) is 3.19. The van der Waals surface area contributed by atoms with Gasteiger partial charge in [-0.1, -0.05) is 59.1 Å². The van der Waals surface area contributed by atoms with Crippen LogP contribution in [0.1, 0.15) is 74.9 Å². The SMILES string of the molecule is CCCCCCOc1c(OC)cc(C=O)cc1Oc1cc(C)ccc1C(C)(C)C. The molecule has 0 amide bonds. The first-order valence-corrected chi connectivity index (χ1v) is 10.4. The van der Waals surface area contributed by atoms with E-state index in [1.165, 1.54) is 12.8 Å². The lowest BCUT2D eigenvalue weighted by atomic mass is 9.86. The van der Waals surface area contributed by atoms with Crippen molar-refractivity contribution in [1.82, 2.24) is 0 Å². The van der Waals surface area contributed by atoms with Gasteiger partial charge in [0.1, 0.15) is 12.0 Å². The van der Waals surface area contributed by atoms with E-state index in [1.807, 2.05) is 13.0 Å².